The summed E-state index contributed by atoms with van der Waals surface area (Å²) in [7, 11) is 0. The third-order valence-electron chi connectivity index (χ3n) is 1.07. The molecule has 0 fully saturated rings. The molecule has 0 aromatic carbocycles. The first kappa shape index (κ1) is 15.0. The van der Waals surface area contributed by atoms with E-state index in [1.807, 2.05) is 13.8 Å². The van der Waals surface area contributed by atoms with Crippen molar-refractivity contribution in [2.24, 2.45) is 4.99 Å². The van der Waals surface area contributed by atoms with Gasteiger partial charge in [0.1, 0.15) is 6.73 Å². The quantitative estimate of drug-likeness (QED) is 0.433. The maximum Gasteiger partial charge on any atom is 0.137 e. The van der Waals surface area contributed by atoms with Gasteiger partial charge in [0.2, 0.25) is 0 Å². The molecule has 0 saturated heterocycles. The monoisotopic (exact) mass is 190 g/mol. The third kappa shape index (κ3) is 14.4. The van der Waals surface area contributed by atoms with Gasteiger partial charge in [-0.3, -0.25) is 4.99 Å². The highest BCUT2D eigenvalue weighted by atomic mass is 16.5. The molecule has 0 saturated carbocycles. The van der Waals surface area contributed by atoms with E-state index in [-0.39, 0.29) is 20.6 Å². The molecule has 13 heavy (non-hydrogen) atoms. The second-order valence-electron chi connectivity index (χ2n) is 2.46. The number of hydrogen-bond acceptors (Lipinski definition) is 4. The van der Waals surface area contributed by atoms with Crippen molar-refractivity contribution in [2.45, 2.75) is 21.3 Å². The van der Waals surface area contributed by atoms with E-state index in [4.69, 9.17) is 9.47 Å². The van der Waals surface area contributed by atoms with Gasteiger partial charge in [0.15, 0.2) is 0 Å². The molecule has 80 valence electrons. The molecule has 4 nitrogen and oxygen atoms in total. The SMILES string of the molecule is C.CC(C)=NCOCCOCC[O-]. The molecule has 0 atom stereocenters. The molecule has 0 aliphatic heterocycles. The smallest absolute Gasteiger partial charge is 0.137 e. The van der Waals surface area contributed by atoms with E-state index in [2.05, 4.69) is 4.99 Å². The molecule has 0 rings (SSSR count). The summed E-state index contributed by atoms with van der Waals surface area (Å²) in [6.07, 6.45) is 0. The van der Waals surface area contributed by atoms with Crippen LogP contribution in [0.4, 0.5) is 0 Å². The number of rotatable bonds is 7. The van der Waals surface area contributed by atoms with E-state index in [9.17, 15) is 5.11 Å². The molecule has 0 aliphatic rings. The standard InChI is InChI=1S/C8H16NO3.CH4/c1-8(2)9-7-12-6-5-11-4-3-10;/h3-7H2,1-2H3;1H4/q-1;. The van der Waals surface area contributed by atoms with Crippen molar-refractivity contribution in [1.82, 2.24) is 0 Å². The minimum Gasteiger partial charge on any atom is -0.853 e. The van der Waals surface area contributed by atoms with Gasteiger partial charge in [-0.25, -0.2) is 0 Å². The summed E-state index contributed by atoms with van der Waals surface area (Å²) in [4.78, 5) is 4.02. The molecular formula is C9H20NO3-. The molecule has 0 N–H and O–H groups in total. The predicted octanol–water partition coefficient (Wildman–Crippen LogP) is 0.454. The maximum atomic E-state index is 9.92. The second kappa shape index (κ2) is 11.6. The van der Waals surface area contributed by atoms with Crippen LogP contribution in [0.5, 0.6) is 0 Å². The Hall–Kier alpha value is -0.450. The van der Waals surface area contributed by atoms with Gasteiger partial charge in [0.05, 0.1) is 13.2 Å². The zero-order valence-electron chi connectivity index (χ0n) is 7.71. The van der Waals surface area contributed by atoms with Crippen LogP contribution in [-0.2, 0) is 9.47 Å². The highest BCUT2D eigenvalue weighted by molar-refractivity contribution is 5.78. The van der Waals surface area contributed by atoms with E-state index < -0.39 is 0 Å². The first-order chi connectivity index (χ1) is 5.77. The Balaban J connectivity index is 0. The van der Waals surface area contributed by atoms with Crippen molar-refractivity contribution in [3.05, 3.63) is 0 Å². The van der Waals surface area contributed by atoms with E-state index in [1.165, 1.54) is 0 Å². The fourth-order valence-corrected chi connectivity index (χ4v) is 0.518. The Labute approximate surface area is 80.6 Å². The Kier molecular flexibility index (Phi) is 13.4. The molecule has 0 aliphatic carbocycles. The number of hydrogen-bond donors (Lipinski definition) is 0. The van der Waals surface area contributed by atoms with Gasteiger partial charge in [0, 0.05) is 12.3 Å². The summed E-state index contributed by atoms with van der Waals surface area (Å²) in [6.45, 7) is 5.25. The average Bonchev–Trinajstić information content (AvgIpc) is 2.02. The van der Waals surface area contributed by atoms with Crippen LogP contribution in [0.25, 0.3) is 0 Å². The highest BCUT2D eigenvalue weighted by Gasteiger charge is 1.85. The van der Waals surface area contributed by atoms with Gasteiger partial charge >= 0.3 is 0 Å². The molecule has 0 amide bonds. The van der Waals surface area contributed by atoms with Crippen LogP contribution in [0.15, 0.2) is 4.99 Å². The van der Waals surface area contributed by atoms with Gasteiger partial charge in [-0.05, 0) is 13.8 Å². The first-order valence-electron chi connectivity index (χ1n) is 3.98. The van der Waals surface area contributed by atoms with Gasteiger partial charge in [-0.15, -0.1) is 6.61 Å². The van der Waals surface area contributed by atoms with E-state index in [1.54, 1.807) is 0 Å². The van der Waals surface area contributed by atoms with Crippen LogP contribution in [0, 0.1) is 0 Å². The summed E-state index contributed by atoms with van der Waals surface area (Å²) in [5, 5.41) is 9.92. The van der Waals surface area contributed by atoms with E-state index in [0.717, 1.165) is 5.71 Å². The lowest BCUT2D eigenvalue weighted by Gasteiger charge is -2.05. The lowest BCUT2D eigenvalue weighted by Crippen LogP contribution is -2.15. The Morgan fingerprint density at radius 1 is 1.15 bits per heavy atom. The van der Waals surface area contributed by atoms with Crippen LogP contribution in [0.2, 0.25) is 0 Å². The molecule has 0 aromatic heterocycles. The van der Waals surface area contributed by atoms with Crippen LogP contribution in [-0.4, -0.2) is 38.9 Å². The number of nitrogens with zero attached hydrogens (tertiary/aromatic N) is 1. The zero-order valence-corrected chi connectivity index (χ0v) is 7.71. The minimum atomic E-state index is -0.188. The van der Waals surface area contributed by atoms with Gasteiger partial charge < -0.3 is 14.6 Å². The molecule has 0 aromatic rings. The number of ether oxygens (including phenoxy) is 2. The first-order valence-corrected chi connectivity index (χ1v) is 3.98. The summed E-state index contributed by atoms with van der Waals surface area (Å²) in [5.74, 6) is 0. The highest BCUT2D eigenvalue weighted by Crippen LogP contribution is 1.80. The largest absolute Gasteiger partial charge is 0.853 e. The second-order valence-corrected chi connectivity index (χ2v) is 2.46. The van der Waals surface area contributed by atoms with E-state index >= 15 is 0 Å². The van der Waals surface area contributed by atoms with Crippen molar-refractivity contribution < 1.29 is 14.6 Å². The fourth-order valence-electron chi connectivity index (χ4n) is 0.518. The summed E-state index contributed by atoms with van der Waals surface area (Å²) in [5.41, 5.74) is 0.996. The van der Waals surface area contributed by atoms with Crippen LogP contribution >= 0.6 is 0 Å². The Morgan fingerprint density at radius 2 is 1.77 bits per heavy atom. The van der Waals surface area contributed by atoms with Crippen LogP contribution in [0.1, 0.15) is 21.3 Å². The van der Waals surface area contributed by atoms with E-state index in [0.29, 0.717) is 19.9 Å². The molecule has 0 spiro atoms. The fraction of sp³-hybridized carbons (Fsp3) is 0.889. The average molecular weight is 190 g/mol. The molecule has 0 bridgehead atoms. The third-order valence-corrected chi connectivity index (χ3v) is 1.07. The summed E-state index contributed by atoms with van der Waals surface area (Å²) >= 11 is 0. The van der Waals surface area contributed by atoms with Crippen molar-refractivity contribution in [3.63, 3.8) is 0 Å². The molecular weight excluding hydrogens is 170 g/mol. The zero-order chi connectivity index (χ0) is 9.23. The lowest BCUT2D eigenvalue weighted by molar-refractivity contribution is -0.374. The molecule has 0 heterocycles. The van der Waals surface area contributed by atoms with Gasteiger partial charge in [0.25, 0.3) is 0 Å². The van der Waals surface area contributed by atoms with Crippen molar-refractivity contribution in [1.29, 1.82) is 0 Å². The summed E-state index contributed by atoms with van der Waals surface area (Å²) < 4.78 is 9.98. The van der Waals surface area contributed by atoms with Crippen molar-refractivity contribution in [3.8, 4) is 0 Å². The molecule has 0 unspecified atom stereocenters. The molecule has 4 heteroatoms. The Morgan fingerprint density at radius 3 is 2.31 bits per heavy atom. The number of aliphatic imine (C=N–C) groups is 1. The minimum absolute atomic E-state index is 0. The van der Waals surface area contributed by atoms with Crippen molar-refractivity contribution >= 4 is 5.71 Å². The topological polar surface area (TPSA) is 53.9 Å². The Bertz CT molecular complexity index is 122. The van der Waals surface area contributed by atoms with Gasteiger partial charge in [-0.1, -0.05) is 7.43 Å². The van der Waals surface area contributed by atoms with Crippen molar-refractivity contribution in [2.75, 3.05) is 33.2 Å². The van der Waals surface area contributed by atoms with Crippen LogP contribution < -0.4 is 5.11 Å². The van der Waals surface area contributed by atoms with Gasteiger partial charge in [-0.2, -0.15) is 0 Å². The van der Waals surface area contributed by atoms with Crippen LogP contribution in [0.3, 0.4) is 0 Å². The maximum absolute atomic E-state index is 9.92. The predicted molar refractivity (Wildman–Crippen MR) is 52.0 cm³/mol. The summed E-state index contributed by atoms with van der Waals surface area (Å²) in [6, 6.07) is 0. The normalized spacial score (nSPS) is 9.15. The lowest BCUT2D eigenvalue weighted by atomic mass is 10.5. The molecule has 0 radical (unpaired) electrons.